The molecule has 0 saturated heterocycles. The molecule has 0 bridgehead atoms. The minimum absolute atomic E-state index is 0.0481. The van der Waals surface area contributed by atoms with Gasteiger partial charge in [-0.3, -0.25) is 4.79 Å². The van der Waals surface area contributed by atoms with Gasteiger partial charge in [-0.1, -0.05) is 6.92 Å². The largest absolute Gasteiger partial charge is 0.330 e. The quantitative estimate of drug-likeness (QED) is 0.858. The fraction of sp³-hybridized carbons (Fsp3) is 0.538. The highest BCUT2D eigenvalue weighted by molar-refractivity contribution is 7.16. The molecule has 0 radical (unpaired) electrons. The molecule has 0 aliphatic carbocycles. The van der Waals surface area contributed by atoms with Gasteiger partial charge in [-0.25, -0.2) is 0 Å². The maximum Gasteiger partial charge on any atom is 0.225 e. The van der Waals surface area contributed by atoms with E-state index in [0.29, 0.717) is 29.4 Å². The summed E-state index contributed by atoms with van der Waals surface area (Å²) in [7, 11) is 0. The van der Waals surface area contributed by atoms with E-state index in [1.807, 2.05) is 20.8 Å². The predicted molar refractivity (Wildman–Crippen MR) is 74.6 cm³/mol. The lowest BCUT2D eigenvalue weighted by atomic mass is 10.1. The molecule has 1 heterocycles. The number of amides is 1. The minimum Gasteiger partial charge on any atom is -0.330 e. The molecule has 5 heteroatoms. The van der Waals surface area contributed by atoms with Crippen LogP contribution in [0, 0.1) is 31.1 Å². The zero-order valence-corrected chi connectivity index (χ0v) is 11.9. The number of nitrogens with zero attached hydrogens (tertiary/aromatic N) is 1. The van der Waals surface area contributed by atoms with Crippen LogP contribution in [0.15, 0.2) is 0 Å². The molecule has 1 unspecified atom stereocenters. The summed E-state index contributed by atoms with van der Waals surface area (Å²) >= 11 is 1.45. The Labute approximate surface area is 112 Å². The minimum atomic E-state index is -0.0481. The number of nitriles is 1. The van der Waals surface area contributed by atoms with Crippen molar-refractivity contribution in [2.24, 2.45) is 11.7 Å². The zero-order valence-electron chi connectivity index (χ0n) is 11.0. The average Bonchev–Trinajstić information content (AvgIpc) is 2.61. The van der Waals surface area contributed by atoms with Gasteiger partial charge in [0, 0.05) is 11.3 Å². The summed E-state index contributed by atoms with van der Waals surface area (Å²) in [5, 5.41) is 12.6. The van der Waals surface area contributed by atoms with Crippen molar-refractivity contribution in [2.45, 2.75) is 33.6 Å². The van der Waals surface area contributed by atoms with Gasteiger partial charge in [-0.05, 0) is 38.3 Å². The van der Waals surface area contributed by atoms with Crippen LogP contribution >= 0.6 is 11.3 Å². The maximum absolute atomic E-state index is 11.8. The van der Waals surface area contributed by atoms with E-state index in [0.717, 1.165) is 16.9 Å². The van der Waals surface area contributed by atoms with Crippen molar-refractivity contribution in [1.82, 2.24) is 0 Å². The summed E-state index contributed by atoms with van der Waals surface area (Å²) in [6.07, 6.45) is 1.22. The molecule has 1 atom stereocenters. The second kappa shape index (κ2) is 6.53. The Kier molecular flexibility index (Phi) is 5.32. The third-order valence-corrected chi connectivity index (χ3v) is 4.14. The van der Waals surface area contributed by atoms with Crippen molar-refractivity contribution >= 4 is 22.2 Å². The molecular formula is C13H19N3OS. The molecule has 0 saturated carbocycles. The SMILES string of the molecule is Cc1sc(NC(=O)CCC(C)CN)c(C#N)c1C. The van der Waals surface area contributed by atoms with E-state index in [1.54, 1.807) is 0 Å². The standard InChI is InChI=1S/C13H19N3OS/c1-8(6-14)4-5-12(17)16-13-11(7-15)9(2)10(3)18-13/h8H,4-6,14H2,1-3H3,(H,16,17). The monoisotopic (exact) mass is 265 g/mol. The van der Waals surface area contributed by atoms with Crippen LogP contribution in [0.5, 0.6) is 0 Å². The molecule has 1 aromatic heterocycles. The van der Waals surface area contributed by atoms with Gasteiger partial charge in [-0.15, -0.1) is 11.3 Å². The van der Waals surface area contributed by atoms with E-state index in [1.165, 1.54) is 11.3 Å². The molecule has 1 aromatic rings. The van der Waals surface area contributed by atoms with E-state index in [-0.39, 0.29) is 5.91 Å². The van der Waals surface area contributed by atoms with Crippen molar-refractivity contribution in [3.8, 4) is 6.07 Å². The Morgan fingerprint density at radius 1 is 1.56 bits per heavy atom. The van der Waals surface area contributed by atoms with Crippen molar-refractivity contribution in [2.75, 3.05) is 11.9 Å². The van der Waals surface area contributed by atoms with E-state index in [4.69, 9.17) is 11.0 Å². The van der Waals surface area contributed by atoms with Gasteiger partial charge in [0.05, 0.1) is 5.56 Å². The highest BCUT2D eigenvalue weighted by Crippen LogP contribution is 2.31. The highest BCUT2D eigenvalue weighted by Gasteiger charge is 2.14. The van der Waals surface area contributed by atoms with Crippen LogP contribution in [0.25, 0.3) is 0 Å². The topological polar surface area (TPSA) is 78.9 Å². The Hall–Kier alpha value is -1.38. The van der Waals surface area contributed by atoms with Gasteiger partial charge in [0.2, 0.25) is 5.91 Å². The van der Waals surface area contributed by atoms with Crippen LogP contribution in [0.3, 0.4) is 0 Å². The lowest BCUT2D eigenvalue weighted by Crippen LogP contribution is -2.16. The first-order chi connectivity index (χ1) is 8.49. The van der Waals surface area contributed by atoms with E-state index >= 15 is 0 Å². The molecular weight excluding hydrogens is 246 g/mol. The molecule has 1 amide bonds. The van der Waals surface area contributed by atoms with Crippen LogP contribution in [0.4, 0.5) is 5.00 Å². The molecule has 0 aliphatic rings. The summed E-state index contributed by atoms with van der Waals surface area (Å²) in [5.74, 6) is 0.297. The molecule has 18 heavy (non-hydrogen) atoms. The number of nitrogens with one attached hydrogen (secondary N) is 1. The van der Waals surface area contributed by atoms with E-state index < -0.39 is 0 Å². The Bertz CT molecular complexity index is 473. The zero-order chi connectivity index (χ0) is 13.7. The predicted octanol–water partition coefficient (Wildman–Crippen LogP) is 2.55. The van der Waals surface area contributed by atoms with Crippen LogP contribution < -0.4 is 11.1 Å². The Morgan fingerprint density at radius 3 is 2.78 bits per heavy atom. The number of thiophene rings is 1. The Morgan fingerprint density at radius 2 is 2.22 bits per heavy atom. The number of carbonyl (C=O) groups is 1. The Balaban J connectivity index is 2.66. The van der Waals surface area contributed by atoms with Gasteiger partial charge >= 0.3 is 0 Å². The summed E-state index contributed by atoms with van der Waals surface area (Å²) in [4.78, 5) is 12.8. The lowest BCUT2D eigenvalue weighted by Gasteiger charge is -2.07. The van der Waals surface area contributed by atoms with E-state index in [2.05, 4.69) is 11.4 Å². The second-order valence-electron chi connectivity index (χ2n) is 4.53. The van der Waals surface area contributed by atoms with Crippen LogP contribution in [-0.2, 0) is 4.79 Å². The normalized spacial score (nSPS) is 11.9. The van der Waals surface area contributed by atoms with Crippen molar-refractivity contribution in [1.29, 1.82) is 5.26 Å². The fourth-order valence-corrected chi connectivity index (χ4v) is 2.56. The highest BCUT2D eigenvalue weighted by atomic mass is 32.1. The molecule has 0 spiro atoms. The number of anilines is 1. The van der Waals surface area contributed by atoms with Gasteiger partial charge in [0.1, 0.15) is 11.1 Å². The first-order valence-corrected chi connectivity index (χ1v) is 6.81. The first kappa shape index (κ1) is 14.7. The summed E-state index contributed by atoms with van der Waals surface area (Å²) in [6.45, 7) is 6.46. The van der Waals surface area contributed by atoms with Gasteiger partial charge < -0.3 is 11.1 Å². The average molecular weight is 265 g/mol. The molecule has 3 N–H and O–H groups in total. The summed E-state index contributed by atoms with van der Waals surface area (Å²) in [6, 6.07) is 2.14. The van der Waals surface area contributed by atoms with Crippen molar-refractivity contribution < 1.29 is 4.79 Å². The van der Waals surface area contributed by atoms with Crippen molar-refractivity contribution in [3.63, 3.8) is 0 Å². The summed E-state index contributed by atoms with van der Waals surface area (Å²) in [5.41, 5.74) is 7.04. The number of rotatable bonds is 5. The molecule has 1 rings (SSSR count). The van der Waals surface area contributed by atoms with Gasteiger partial charge in [0.25, 0.3) is 0 Å². The van der Waals surface area contributed by atoms with E-state index in [9.17, 15) is 4.79 Å². The smallest absolute Gasteiger partial charge is 0.225 e. The molecule has 98 valence electrons. The van der Waals surface area contributed by atoms with Crippen LogP contribution in [0.2, 0.25) is 0 Å². The number of carbonyl (C=O) groups excluding carboxylic acids is 1. The third kappa shape index (κ3) is 3.56. The number of nitrogens with two attached hydrogens (primary N) is 1. The number of hydrogen-bond acceptors (Lipinski definition) is 4. The summed E-state index contributed by atoms with van der Waals surface area (Å²) < 4.78 is 0. The molecule has 4 nitrogen and oxygen atoms in total. The van der Waals surface area contributed by atoms with Gasteiger partial charge in [0.15, 0.2) is 0 Å². The molecule has 0 aliphatic heterocycles. The van der Waals surface area contributed by atoms with Gasteiger partial charge in [-0.2, -0.15) is 5.26 Å². The second-order valence-corrected chi connectivity index (χ2v) is 5.75. The fourth-order valence-electron chi connectivity index (χ4n) is 1.53. The van der Waals surface area contributed by atoms with Crippen LogP contribution in [0.1, 0.15) is 35.8 Å². The number of aryl methyl sites for hydroxylation is 1. The van der Waals surface area contributed by atoms with Crippen molar-refractivity contribution in [3.05, 3.63) is 16.0 Å². The first-order valence-electron chi connectivity index (χ1n) is 5.99. The number of hydrogen-bond donors (Lipinski definition) is 2. The third-order valence-electron chi connectivity index (χ3n) is 3.02. The maximum atomic E-state index is 11.8. The molecule has 0 fully saturated rings. The van der Waals surface area contributed by atoms with Crippen LogP contribution in [-0.4, -0.2) is 12.5 Å². The lowest BCUT2D eigenvalue weighted by molar-refractivity contribution is -0.116. The molecule has 0 aromatic carbocycles.